The van der Waals surface area contributed by atoms with Crippen LogP contribution in [0.5, 0.6) is 5.75 Å². The number of rotatable bonds is 4. The van der Waals surface area contributed by atoms with E-state index in [9.17, 15) is 0 Å². The molecule has 1 heterocycles. The molecule has 14 heavy (non-hydrogen) atoms. The summed E-state index contributed by atoms with van der Waals surface area (Å²) in [7, 11) is 1.67. The van der Waals surface area contributed by atoms with Gasteiger partial charge in [-0.3, -0.25) is 4.68 Å². The molecule has 2 rings (SSSR count). The molecule has 4 heteroatoms. The predicted octanol–water partition coefficient (Wildman–Crippen LogP) is 1.32. The van der Waals surface area contributed by atoms with E-state index in [4.69, 9.17) is 10.5 Å². The van der Waals surface area contributed by atoms with Gasteiger partial charge in [-0.05, 0) is 25.7 Å². The Balaban J connectivity index is 2.30. The third kappa shape index (κ3) is 1.50. The van der Waals surface area contributed by atoms with Gasteiger partial charge in [-0.2, -0.15) is 5.10 Å². The Labute approximate surface area is 84.0 Å². The topological polar surface area (TPSA) is 53.1 Å². The Morgan fingerprint density at radius 1 is 1.71 bits per heavy atom. The van der Waals surface area contributed by atoms with Crippen molar-refractivity contribution in [3.63, 3.8) is 0 Å². The molecular formula is C10H17N3O. The Morgan fingerprint density at radius 3 is 2.93 bits per heavy atom. The van der Waals surface area contributed by atoms with Crippen molar-refractivity contribution in [3.05, 3.63) is 11.9 Å². The Morgan fingerprint density at radius 2 is 2.43 bits per heavy atom. The number of methoxy groups -OCH3 is 1. The van der Waals surface area contributed by atoms with Gasteiger partial charge in [0.25, 0.3) is 0 Å². The minimum absolute atomic E-state index is 0.0902. The summed E-state index contributed by atoms with van der Waals surface area (Å²) < 4.78 is 7.20. The van der Waals surface area contributed by atoms with Crippen molar-refractivity contribution < 1.29 is 4.74 Å². The second-order valence-electron chi connectivity index (χ2n) is 3.78. The number of aromatic nitrogens is 2. The van der Waals surface area contributed by atoms with Gasteiger partial charge in [-0.25, -0.2) is 0 Å². The van der Waals surface area contributed by atoms with Crippen molar-refractivity contribution in [3.8, 4) is 5.75 Å². The zero-order valence-electron chi connectivity index (χ0n) is 8.73. The lowest BCUT2D eigenvalue weighted by molar-refractivity contribution is 0.397. The van der Waals surface area contributed by atoms with Crippen LogP contribution in [0.2, 0.25) is 0 Å². The first-order valence-electron chi connectivity index (χ1n) is 5.13. The van der Waals surface area contributed by atoms with E-state index in [1.807, 2.05) is 4.68 Å². The molecule has 0 aliphatic heterocycles. The van der Waals surface area contributed by atoms with E-state index in [1.54, 1.807) is 13.3 Å². The van der Waals surface area contributed by atoms with E-state index in [-0.39, 0.29) is 6.04 Å². The maximum atomic E-state index is 6.16. The van der Waals surface area contributed by atoms with Crippen LogP contribution in [0.1, 0.15) is 31.5 Å². The summed E-state index contributed by atoms with van der Waals surface area (Å²) in [4.78, 5) is 0. The lowest BCUT2D eigenvalue weighted by Crippen LogP contribution is -2.18. The standard InChI is InChI=1S/C10H17N3O/c1-3-13-10(8(14-2)6-12-13)9(11)7-4-5-7/h6-7,9H,3-5,11H2,1-2H3. The summed E-state index contributed by atoms with van der Waals surface area (Å²) in [6, 6.07) is 0.0902. The molecule has 1 unspecified atom stereocenters. The molecule has 1 fully saturated rings. The van der Waals surface area contributed by atoms with Gasteiger partial charge in [-0.1, -0.05) is 0 Å². The molecule has 0 amide bonds. The van der Waals surface area contributed by atoms with Crippen LogP contribution in [-0.4, -0.2) is 16.9 Å². The van der Waals surface area contributed by atoms with Crippen LogP contribution >= 0.6 is 0 Å². The fraction of sp³-hybridized carbons (Fsp3) is 0.700. The van der Waals surface area contributed by atoms with Crippen molar-refractivity contribution >= 4 is 0 Å². The van der Waals surface area contributed by atoms with Crippen molar-refractivity contribution in [1.29, 1.82) is 0 Å². The van der Waals surface area contributed by atoms with E-state index in [2.05, 4.69) is 12.0 Å². The average Bonchev–Trinajstić information content (AvgIpc) is 2.96. The molecule has 4 nitrogen and oxygen atoms in total. The van der Waals surface area contributed by atoms with Crippen LogP contribution in [0.15, 0.2) is 6.20 Å². The fourth-order valence-corrected chi connectivity index (χ4v) is 1.80. The van der Waals surface area contributed by atoms with E-state index in [1.165, 1.54) is 12.8 Å². The molecule has 1 atom stereocenters. The SMILES string of the molecule is CCn1ncc(OC)c1C(N)C1CC1. The normalized spacial score (nSPS) is 18.2. The lowest BCUT2D eigenvalue weighted by Gasteiger charge is -2.13. The molecule has 78 valence electrons. The van der Waals surface area contributed by atoms with Crippen LogP contribution in [0.25, 0.3) is 0 Å². The van der Waals surface area contributed by atoms with Gasteiger partial charge in [0.2, 0.25) is 0 Å². The highest BCUT2D eigenvalue weighted by atomic mass is 16.5. The largest absolute Gasteiger partial charge is 0.493 e. The first kappa shape index (κ1) is 9.52. The van der Waals surface area contributed by atoms with Gasteiger partial charge in [0.1, 0.15) is 0 Å². The molecule has 1 saturated carbocycles. The van der Waals surface area contributed by atoms with Gasteiger partial charge in [-0.15, -0.1) is 0 Å². The smallest absolute Gasteiger partial charge is 0.161 e. The van der Waals surface area contributed by atoms with Crippen LogP contribution in [0, 0.1) is 5.92 Å². The Bertz CT molecular complexity index is 296. The lowest BCUT2D eigenvalue weighted by atomic mass is 10.1. The van der Waals surface area contributed by atoms with Crippen molar-refractivity contribution in [2.24, 2.45) is 11.7 Å². The summed E-state index contributed by atoms with van der Waals surface area (Å²) in [6.07, 6.45) is 4.22. The number of aryl methyl sites for hydroxylation is 1. The van der Waals surface area contributed by atoms with Crippen molar-refractivity contribution in [1.82, 2.24) is 9.78 Å². The zero-order chi connectivity index (χ0) is 10.1. The predicted molar refractivity (Wildman–Crippen MR) is 54.1 cm³/mol. The van der Waals surface area contributed by atoms with Crippen molar-refractivity contribution in [2.45, 2.75) is 32.4 Å². The monoisotopic (exact) mass is 195 g/mol. The molecular weight excluding hydrogens is 178 g/mol. The number of hydrogen-bond donors (Lipinski definition) is 1. The van der Waals surface area contributed by atoms with Gasteiger partial charge < -0.3 is 10.5 Å². The molecule has 1 aromatic heterocycles. The van der Waals surface area contributed by atoms with Crippen LogP contribution in [0.3, 0.4) is 0 Å². The molecule has 1 aromatic rings. The molecule has 2 N–H and O–H groups in total. The molecule has 0 aromatic carbocycles. The van der Waals surface area contributed by atoms with Gasteiger partial charge in [0.05, 0.1) is 25.0 Å². The number of hydrogen-bond acceptors (Lipinski definition) is 3. The molecule has 1 aliphatic carbocycles. The van der Waals surface area contributed by atoms with E-state index in [0.717, 1.165) is 18.0 Å². The summed E-state index contributed by atoms with van der Waals surface area (Å²) >= 11 is 0. The first-order valence-corrected chi connectivity index (χ1v) is 5.13. The Kier molecular flexibility index (Phi) is 2.46. The van der Waals surface area contributed by atoms with Crippen LogP contribution in [-0.2, 0) is 6.54 Å². The fourth-order valence-electron chi connectivity index (χ4n) is 1.80. The maximum absolute atomic E-state index is 6.16. The molecule has 0 bridgehead atoms. The van der Waals surface area contributed by atoms with E-state index < -0.39 is 0 Å². The minimum Gasteiger partial charge on any atom is -0.493 e. The quantitative estimate of drug-likeness (QED) is 0.788. The minimum atomic E-state index is 0.0902. The highest BCUT2D eigenvalue weighted by Crippen LogP contribution is 2.41. The van der Waals surface area contributed by atoms with E-state index >= 15 is 0 Å². The second-order valence-corrected chi connectivity index (χ2v) is 3.78. The summed E-state index contributed by atoms with van der Waals surface area (Å²) in [5.41, 5.74) is 7.21. The molecule has 0 saturated heterocycles. The van der Waals surface area contributed by atoms with E-state index in [0.29, 0.717) is 5.92 Å². The van der Waals surface area contributed by atoms with Gasteiger partial charge in [0.15, 0.2) is 5.75 Å². The van der Waals surface area contributed by atoms with Gasteiger partial charge >= 0.3 is 0 Å². The molecule has 0 spiro atoms. The second kappa shape index (κ2) is 3.61. The molecule has 0 radical (unpaired) electrons. The summed E-state index contributed by atoms with van der Waals surface area (Å²) in [6.45, 7) is 2.91. The van der Waals surface area contributed by atoms with Crippen LogP contribution in [0.4, 0.5) is 0 Å². The molecule has 1 aliphatic rings. The highest BCUT2D eigenvalue weighted by Gasteiger charge is 2.33. The zero-order valence-corrected chi connectivity index (χ0v) is 8.73. The Hall–Kier alpha value is -1.03. The number of ether oxygens (including phenoxy) is 1. The number of nitrogens with zero attached hydrogens (tertiary/aromatic N) is 2. The number of nitrogens with two attached hydrogens (primary N) is 1. The third-order valence-electron chi connectivity index (χ3n) is 2.81. The summed E-state index contributed by atoms with van der Waals surface area (Å²) in [5, 5.41) is 4.25. The maximum Gasteiger partial charge on any atom is 0.161 e. The third-order valence-corrected chi connectivity index (χ3v) is 2.81. The average molecular weight is 195 g/mol. The summed E-state index contributed by atoms with van der Waals surface area (Å²) in [5.74, 6) is 1.46. The highest BCUT2D eigenvalue weighted by molar-refractivity contribution is 5.29. The first-order chi connectivity index (χ1) is 6.77. The van der Waals surface area contributed by atoms with Crippen molar-refractivity contribution in [2.75, 3.05) is 7.11 Å². The van der Waals surface area contributed by atoms with Crippen LogP contribution < -0.4 is 10.5 Å². The van der Waals surface area contributed by atoms with Gasteiger partial charge in [0, 0.05) is 6.54 Å².